The van der Waals surface area contributed by atoms with E-state index in [-0.39, 0.29) is 5.60 Å². The maximum absolute atomic E-state index is 10.2. The van der Waals surface area contributed by atoms with Gasteiger partial charge in [-0.15, -0.1) is 0 Å². The Morgan fingerprint density at radius 1 is 1.29 bits per heavy atom. The number of hydrogen-bond acceptors (Lipinski definition) is 3. The minimum absolute atomic E-state index is 0.369. The normalized spacial score (nSPS) is 23.2. The summed E-state index contributed by atoms with van der Waals surface area (Å²) in [5.41, 5.74) is 0.913. The smallest absolute Gasteiger partial charge is 0.118 e. The van der Waals surface area contributed by atoms with Gasteiger partial charge in [-0.25, -0.2) is 0 Å². The van der Waals surface area contributed by atoms with Crippen LogP contribution in [0.2, 0.25) is 0 Å². The van der Waals surface area contributed by atoms with E-state index < -0.39 is 0 Å². The molecular weight excluding hydrogens is 214 g/mol. The number of aliphatic hydroxyl groups is 1. The number of rotatable bonds is 4. The second-order valence-corrected chi connectivity index (χ2v) is 5.37. The van der Waals surface area contributed by atoms with Gasteiger partial charge in [-0.1, -0.05) is 12.1 Å². The Morgan fingerprint density at radius 3 is 2.47 bits per heavy atom. The van der Waals surface area contributed by atoms with Gasteiger partial charge in [-0.05, 0) is 36.5 Å². The highest BCUT2D eigenvalue weighted by molar-refractivity contribution is 5.27. The summed E-state index contributed by atoms with van der Waals surface area (Å²) in [6.07, 6.45) is 2.43. The van der Waals surface area contributed by atoms with Gasteiger partial charge >= 0.3 is 0 Å². The van der Waals surface area contributed by atoms with E-state index in [9.17, 15) is 5.11 Å². The first-order valence-electron chi connectivity index (χ1n) is 6.27. The number of benzene rings is 1. The van der Waals surface area contributed by atoms with Crippen LogP contribution in [0, 0.1) is 5.92 Å². The predicted octanol–water partition coefficient (Wildman–Crippen LogP) is 1.65. The van der Waals surface area contributed by atoms with Gasteiger partial charge in [0.25, 0.3) is 0 Å². The Morgan fingerprint density at radius 2 is 1.94 bits per heavy atom. The molecule has 3 heteroatoms. The molecule has 1 N–H and O–H groups in total. The Bertz CT molecular complexity index is 391. The average molecular weight is 233 g/mol. The summed E-state index contributed by atoms with van der Waals surface area (Å²) < 4.78 is 5.13. The number of ether oxygens (including phenoxy) is 1. The van der Waals surface area contributed by atoms with Crippen LogP contribution >= 0.6 is 0 Å². The molecule has 0 spiro atoms. The lowest BCUT2D eigenvalue weighted by Gasteiger charge is -2.47. The van der Waals surface area contributed by atoms with Crippen molar-refractivity contribution in [1.29, 1.82) is 0 Å². The van der Waals surface area contributed by atoms with Crippen molar-refractivity contribution in [1.82, 2.24) is 4.90 Å². The standard InChI is InChI=1S/C14H19NO2/c1-17-13-6-2-11(3-7-13)8-15-9-14(16,10-15)12-4-5-12/h2-3,6-7,12,16H,4-5,8-10H2,1H3. The van der Waals surface area contributed by atoms with Crippen LogP contribution in [0.4, 0.5) is 0 Å². The molecular formula is C14H19NO2. The van der Waals surface area contributed by atoms with E-state index in [2.05, 4.69) is 17.0 Å². The van der Waals surface area contributed by atoms with Gasteiger partial charge in [0, 0.05) is 19.6 Å². The minimum Gasteiger partial charge on any atom is -0.497 e. The molecule has 1 aliphatic carbocycles. The zero-order valence-corrected chi connectivity index (χ0v) is 10.2. The summed E-state index contributed by atoms with van der Waals surface area (Å²) in [6.45, 7) is 2.60. The van der Waals surface area contributed by atoms with E-state index in [1.807, 2.05) is 12.1 Å². The van der Waals surface area contributed by atoms with Crippen molar-refractivity contribution in [3.63, 3.8) is 0 Å². The molecule has 17 heavy (non-hydrogen) atoms. The van der Waals surface area contributed by atoms with Crippen molar-refractivity contribution < 1.29 is 9.84 Å². The highest BCUT2D eigenvalue weighted by Gasteiger charge is 2.51. The monoisotopic (exact) mass is 233 g/mol. The third kappa shape index (κ3) is 2.17. The quantitative estimate of drug-likeness (QED) is 0.858. The highest BCUT2D eigenvalue weighted by atomic mass is 16.5. The van der Waals surface area contributed by atoms with Crippen molar-refractivity contribution in [2.24, 2.45) is 5.92 Å². The number of likely N-dealkylation sites (tertiary alicyclic amines) is 1. The molecule has 0 unspecified atom stereocenters. The average Bonchev–Trinajstić information content (AvgIpc) is 3.12. The topological polar surface area (TPSA) is 32.7 Å². The van der Waals surface area contributed by atoms with Gasteiger partial charge in [0.2, 0.25) is 0 Å². The van der Waals surface area contributed by atoms with Crippen LogP contribution in [-0.2, 0) is 6.54 Å². The van der Waals surface area contributed by atoms with Crippen LogP contribution in [0.25, 0.3) is 0 Å². The number of nitrogens with zero attached hydrogens (tertiary/aromatic N) is 1. The molecule has 92 valence electrons. The molecule has 2 fully saturated rings. The summed E-state index contributed by atoms with van der Waals surface area (Å²) in [4.78, 5) is 2.31. The molecule has 3 rings (SSSR count). The van der Waals surface area contributed by atoms with E-state index in [0.29, 0.717) is 5.92 Å². The largest absolute Gasteiger partial charge is 0.497 e. The van der Waals surface area contributed by atoms with Crippen molar-refractivity contribution >= 4 is 0 Å². The van der Waals surface area contributed by atoms with Gasteiger partial charge < -0.3 is 9.84 Å². The fraction of sp³-hybridized carbons (Fsp3) is 0.571. The zero-order valence-electron chi connectivity index (χ0n) is 10.2. The number of β-amino-alcohol motifs (C(OH)–C–C–N with tert-alkyl or cyclic N) is 1. The van der Waals surface area contributed by atoms with Crippen LogP contribution in [0.5, 0.6) is 5.75 Å². The van der Waals surface area contributed by atoms with Crippen LogP contribution in [-0.4, -0.2) is 35.8 Å². The lowest BCUT2D eigenvalue weighted by Crippen LogP contribution is -2.62. The van der Waals surface area contributed by atoms with Crippen LogP contribution in [0.15, 0.2) is 24.3 Å². The van der Waals surface area contributed by atoms with E-state index in [0.717, 1.165) is 25.4 Å². The van der Waals surface area contributed by atoms with Crippen LogP contribution in [0.3, 0.4) is 0 Å². The lowest BCUT2D eigenvalue weighted by molar-refractivity contribution is -0.116. The van der Waals surface area contributed by atoms with Crippen molar-refractivity contribution in [3.8, 4) is 5.75 Å². The zero-order chi connectivity index (χ0) is 11.9. The fourth-order valence-electron chi connectivity index (χ4n) is 2.71. The van der Waals surface area contributed by atoms with E-state index in [1.54, 1.807) is 7.11 Å². The number of methoxy groups -OCH3 is 1. The first-order valence-corrected chi connectivity index (χ1v) is 6.27. The third-order valence-electron chi connectivity index (χ3n) is 3.90. The van der Waals surface area contributed by atoms with E-state index >= 15 is 0 Å². The Balaban J connectivity index is 1.54. The molecule has 1 saturated heterocycles. The van der Waals surface area contributed by atoms with Crippen LogP contribution < -0.4 is 4.74 Å². The second kappa shape index (κ2) is 4.00. The molecule has 1 aromatic carbocycles. The summed E-state index contributed by atoms with van der Waals surface area (Å²) in [5, 5.41) is 10.2. The first-order chi connectivity index (χ1) is 8.19. The molecule has 1 aromatic rings. The summed E-state index contributed by atoms with van der Waals surface area (Å²) in [7, 11) is 1.68. The lowest BCUT2D eigenvalue weighted by atomic mass is 9.88. The molecule has 2 aliphatic rings. The predicted molar refractivity (Wildman–Crippen MR) is 65.9 cm³/mol. The minimum atomic E-state index is -0.369. The molecule has 0 aromatic heterocycles. The molecule has 1 heterocycles. The highest BCUT2D eigenvalue weighted by Crippen LogP contribution is 2.44. The SMILES string of the molecule is COc1ccc(CN2CC(O)(C3CC3)C2)cc1. The maximum Gasteiger partial charge on any atom is 0.118 e. The van der Waals surface area contributed by atoms with Crippen molar-refractivity contribution in [2.75, 3.05) is 20.2 Å². The molecule has 3 nitrogen and oxygen atoms in total. The van der Waals surface area contributed by atoms with Crippen molar-refractivity contribution in [3.05, 3.63) is 29.8 Å². The summed E-state index contributed by atoms with van der Waals surface area (Å²) >= 11 is 0. The molecule has 1 aliphatic heterocycles. The van der Waals surface area contributed by atoms with Crippen LogP contribution in [0.1, 0.15) is 18.4 Å². The Labute approximate surface area is 102 Å². The molecule has 0 atom stereocenters. The van der Waals surface area contributed by atoms with Gasteiger partial charge in [0.15, 0.2) is 0 Å². The molecule has 1 saturated carbocycles. The Hall–Kier alpha value is -1.06. The summed E-state index contributed by atoms with van der Waals surface area (Å²) in [5.74, 6) is 1.47. The first kappa shape index (κ1) is 11.1. The Kier molecular flexibility index (Phi) is 2.60. The van der Waals surface area contributed by atoms with Gasteiger partial charge in [-0.3, -0.25) is 4.90 Å². The molecule has 0 bridgehead atoms. The van der Waals surface area contributed by atoms with Gasteiger partial charge in [0.05, 0.1) is 12.7 Å². The summed E-state index contributed by atoms with van der Waals surface area (Å²) in [6, 6.07) is 8.16. The van der Waals surface area contributed by atoms with Gasteiger partial charge in [0.1, 0.15) is 5.75 Å². The molecule has 0 radical (unpaired) electrons. The van der Waals surface area contributed by atoms with E-state index in [4.69, 9.17) is 4.74 Å². The molecule has 0 amide bonds. The van der Waals surface area contributed by atoms with Crippen molar-refractivity contribution in [2.45, 2.75) is 25.0 Å². The second-order valence-electron chi connectivity index (χ2n) is 5.37. The maximum atomic E-state index is 10.2. The third-order valence-corrected chi connectivity index (χ3v) is 3.90. The van der Waals surface area contributed by atoms with E-state index in [1.165, 1.54) is 18.4 Å². The van der Waals surface area contributed by atoms with Gasteiger partial charge in [-0.2, -0.15) is 0 Å². The fourth-order valence-corrected chi connectivity index (χ4v) is 2.71. The number of hydrogen-bond donors (Lipinski definition) is 1.